The summed E-state index contributed by atoms with van der Waals surface area (Å²) in [6, 6.07) is 10.4. The largest absolute Gasteiger partial charge is 0.453 e. The van der Waals surface area contributed by atoms with E-state index in [1.54, 1.807) is 0 Å². The van der Waals surface area contributed by atoms with Crippen molar-refractivity contribution in [1.82, 2.24) is 9.80 Å². The summed E-state index contributed by atoms with van der Waals surface area (Å²) in [6.07, 6.45) is 0.815. The van der Waals surface area contributed by atoms with Crippen molar-refractivity contribution < 1.29 is 14.3 Å². The standard InChI is InChI=1S/C18H26N2O3/c1-15(21)23-18(16-6-4-3-5-7-16)8-9-19(2)14-17(18)20-10-12-22-13-11-20/h3-7,17H,8-14H2,1-2H3. The Hall–Kier alpha value is -1.43. The summed E-state index contributed by atoms with van der Waals surface area (Å²) in [6.45, 7) is 6.57. The third-order valence-electron chi connectivity index (χ3n) is 4.96. The van der Waals surface area contributed by atoms with Gasteiger partial charge in [0.2, 0.25) is 0 Å². The van der Waals surface area contributed by atoms with Gasteiger partial charge in [-0.25, -0.2) is 0 Å². The Balaban J connectivity index is 2.00. The molecule has 2 heterocycles. The van der Waals surface area contributed by atoms with Crippen molar-refractivity contribution in [3.05, 3.63) is 35.9 Å². The molecule has 126 valence electrons. The highest BCUT2D eigenvalue weighted by molar-refractivity contribution is 5.67. The number of likely N-dealkylation sites (N-methyl/N-ethyl adjacent to an activating group) is 1. The number of esters is 1. The summed E-state index contributed by atoms with van der Waals surface area (Å²) in [7, 11) is 2.14. The van der Waals surface area contributed by atoms with E-state index in [-0.39, 0.29) is 12.0 Å². The minimum absolute atomic E-state index is 0.149. The lowest BCUT2D eigenvalue weighted by Gasteiger charge is -2.51. The second-order valence-corrected chi connectivity index (χ2v) is 6.53. The van der Waals surface area contributed by atoms with Crippen LogP contribution >= 0.6 is 0 Å². The topological polar surface area (TPSA) is 42.0 Å². The van der Waals surface area contributed by atoms with Crippen LogP contribution in [0, 0.1) is 0 Å². The number of rotatable bonds is 3. The zero-order chi connectivity index (χ0) is 16.3. The van der Waals surface area contributed by atoms with E-state index in [2.05, 4.69) is 29.0 Å². The maximum absolute atomic E-state index is 11.9. The SMILES string of the molecule is CC(=O)OC1(c2ccccc2)CCN(C)CC1N1CCOCC1. The van der Waals surface area contributed by atoms with Crippen LogP contribution in [0.25, 0.3) is 0 Å². The molecule has 2 fully saturated rings. The van der Waals surface area contributed by atoms with Crippen molar-refractivity contribution in [2.45, 2.75) is 25.0 Å². The van der Waals surface area contributed by atoms with Gasteiger partial charge in [0.1, 0.15) is 0 Å². The molecule has 2 saturated heterocycles. The van der Waals surface area contributed by atoms with Crippen molar-refractivity contribution in [2.75, 3.05) is 46.4 Å². The molecule has 1 aromatic carbocycles. The highest BCUT2D eigenvalue weighted by Crippen LogP contribution is 2.39. The molecular formula is C18H26N2O3. The number of nitrogens with zero attached hydrogens (tertiary/aromatic N) is 2. The average molecular weight is 318 g/mol. The molecule has 0 radical (unpaired) electrons. The molecule has 5 nitrogen and oxygen atoms in total. The van der Waals surface area contributed by atoms with E-state index < -0.39 is 5.60 Å². The van der Waals surface area contributed by atoms with Gasteiger partial charge < -0.3 is 14.4 Å². The van der Waals surface area contributed by atoms with E-state index in [1.807, 2.05) is 18.2 Å². The molecule has 23 heavy (non-hydrogen) atoms. The lowest BCUT2D eigenvalue weighted by atomic mass is 9.79. The lowest BCUT2D eigenvalue weighted by Crippen LogP contribution is -2.63. The first-order chi connectivity index (χ1) is 11.1. The molecule has 0 aromatic heterocycles. The van der Waals surface area contributed by atoms with Crippen LogP contribution in [-0.2, 0) is 19.9 Å². The first-order valence-corrected chi connectivity index (χ1v) is 8.37. The number of carbonyl (C=O) groups is 1. The quantitative estimate of drug-likeness (QED) is 0.790. The van der Waals surface area contributed by atoms with Gasteiger partial charge in [0, 0.05) is 39.5 Å². The van der Waals surface area contributed by atoms with Gasteiger partial charge in [-0.15, -0.1) is 0 Å². The summed E-state index contributed by atoms with van der Waals surface area (Å²) in [4.78, 5) is 16.7. The molecular weight excluding hydrogens is 292 g/mol. The highest BCUT2D eigenvalue weighted by Gasteiger charge is 2.49. The van der Waals surface area contributed by atoms with Crippen LogP contribution in [0.15, 0.2) is 30.3 Å². The van der Waals surface area contributed by atoms with E-state index in [0.717, 1.165) is 51.4 Å². The van der Waals surface area contributed by atoms with Crippen LogP contribution in [0.2, 0.25) is 0 Å². The fourth-order valence-corrected chi connectivity index (χ4v) is 3.85. The summed E-state index contributed by atoms with van der Waals surface area (Å²) in [5.41, 5.74) is 0.525. The number of hydrogen-bond acceptors (Lipinski definition) is 5. The molecule has 0 aliphatic carbocycles. The Labute approximate surface area is 138 Å². The number of piperidine rings is 1. The third-order valence-corrected chi connectivity index (χ3v) is 4.96. The van der Waals surface area contributed by atoms with Crippen LogP contribution in [0.1, 0.15) is 18.9 Å². The van der Waals surface area contributed by atoms with E-state index >= 15 is 0 Å². The number of carbonyl (C=O) groups excluding carboxylic acids is 1. The minimum atomic E-state index is -0.572. The van der Waals surface area contributed by atoms with Crippen LogP contribution in [0.4, 0.5) is 0 Å². The van der Waals surface area contributed by atoms with Crippen molar-refractivity contribution in [3.8, 4) is 0 Å². The van der Waals surface area contributed by atoms with E-state index in [4.69, 9.17) is 9.47 Å². The van der Waals surface area contributed by atoms with Crippen LogP contribution in [0.3, 0.4) is 0 Å². The number of likely N-dealkylation sites (tertiary alicyclic amines) is 1. The Morgan fingerprint density at radius 1 is 1.22 bits per heavy atom. The molecule has 5 heteroatoms. The van der Waals surface area contributed by atoms with Crippen molar-refractivity contribution in [2.24, 2.45) is 0 Å². The molecule has 0 N–H and O–H groups in total. The fourth-order valence-electron chi connectivity index (χ4n) is 3.85. The van der Waals surface area contributed by atoms with Gasteiger partial charge in [0.25, 0.3) is 0 Å². The zero-order valence-electron chi connectivity index (χ0n) is 14.0. The fraction of sp³-hybridized carbons (Fsp3) is 0.611. The summed E-state index contributed by atoms with van der Waals surface area (Å²) < 4.78 is 11.5. The minimum Gasteiger partial charge on any atom is -0.453 e. The molecule has 2 atom stereocenters. The van der Waals surface area contributed by atoms with Crippen molar-refractivity contribution in [1.29, 1.82) is 0 Å². The molecule has 0 amide bonds. The Morgan fingerprint density at radius 3 is 2.57 bits per heavy atom. The lowest BCUT2D eigenvalue weighted by molar-refractivity contribution is -0.179. The Bertz CT molecular complexity index is 530. The first kappa shape index (κ1) is 16.4. The van der Waals surface area contributed by atoms with Gasteiger partial charge in [-0.1, -0.05) is 30.3 Å². The zero-order valence-corrected chi connectivity index (χ0v) is 14.0. The molecule has 0 spiro atoms. The van der Waals surface area contributed by atoms with Gasteiger partial charge in [-0.05, 0) is 12.6 Å². The van der Waals surface area contributed by atoms with Crippen molar-refractivity contribution >= 4 is 5.97 Å². The van der Waals surface area contributed by atoms with Crippen LogP contribution in [0.5, 0.6) is 0 Å². The smallest absolute Gasteiger partial charge is 0.303 e. The maximum Gasteiger partial charge on any atom is 0.303 e. The van der Waals surface area contributed by atoms with Gasteiger partial charge in [0.05, 0.1) is 19.3 Å². The summed E-state index contributed by atoms with van der Waals surface area (Å²) in [5, 5.41) is 0. The van der Waals surface area contributed by atoms with Crippen LogP contribution in [-0.4, -0.2) is 68.3 Å². The molecule has 2 aliphatic rings. The molecule has 2 unspecified atom stereocenters. The Kier molecular flexibility index (Phi) is 4.99. The molecule has 0 bridgehead atoms. The molecule has 2 aliphatic heterocycles. The van der Waals surface area contributed by atoms with Crippen molar-refractivity contribution in [3.63, 3.8) is 0 Å². The van der Waals surface area contributed by atoms with Gasteiger partial charge >= 0.3 is 5.97 Å². The predicted octanol–water partition coefficient (Wildman–Crippen LogP) is 1.48. The monoisotopic (exact) mass is 318 g/mol. The van der Waals surface area contributed by atoms with Gasteiger partial charge in [0.15, 0.2) is 5.60 Å². The van der Waals surface area contributed by atoms with E-state index in [9.17, 15) is 4.79 Å². The maximum atomic E-state index is 11.9. The number of hydrogen-bond donors (Lipinski definition) is 0. The normalized spacial score (nSPS) is 30.1. The first-order valence-electron chi connectivity index (χ1n) is 8.37. The number of morpholine rings is 1. The predicted molar refractivity (Wildman–Crippen MR) is 88.2 cm³/mol. The second-order valence-electron chi connectivity index (χ2n) is 6.53. The van der Waals surface area contributed by atoms with Gasteiger partial charge in [-0.2, -0.15) is 0 Å². The summed E-state index contributed by atoms with van der Waals surface area (Å²) in [5.74, 6) is -0.211. The van der Waals surface area contributed by atoms with E-state index in [0.29, 0.717) is 0 Å². The summed E-state index contributed by atoms with van der Waals surface area (Å²) >= 11 is 0. The highest BCUT2D eigenvalue weighted by atomic mass is 16.6. The molecule has 3 rings (SSSR count). The second kappa shape index (κ2) is 6.99. The Morgan fingerprint density at radius 2 is 1.91 bits per heavy atom. The van der Waals surface area contributed by atoms with Crippen LogP contribution < -0.4 is 0 Å². The third kappa shape index (κ3) is 3.42. The number of ether oxygens (including phenoxy) is 2. The van der Waals surface area contributed by atoms with E-state index in [1.165, 1.54) is 6.92 Å². The molecule has 0 saturated carbocycles. The number of benzene rings is 1. The molecule has 1 aromatic rings. The average Bonchev–Trinajstić information content (AvgIpc) is 2.58. The van der Waals surface area contributed by atoms with Gasteiger partial charge in [-0.3, -0.25) is 9.69 Å².